The summed E-state index contributed by atoms with van der Waals surface area (Å²) in [7, 11) is 0. The number of nitrogens with one attached hydrogen (secondary N) is 1. The van der Waals surface area contributed by atoms with Crippen LogP contribution in [0.4, 0.5) is 5.69 Å². The Kier molecular flexibility index (Phi) is 3.48. The molecule has 1 amide bonds. The van der Waals surface area contributed by atoms with Gasteiger partial charge in [0.05, 0.1) is 6.04 Å². The van der Waals surface area contributed by atoms with Crippen LogP contribution in [0.3, 0.4) is 0 Å². The zero-order valence-corrected chi connectivity index (χ0v) is 10.8. The van der Waals surface area contributed by atoms with Crippen molar-refractivity contribution >= 4 is 11.6 Å². The fourth-order valence-electron chi connectivity index (χ4n) is 2.38. The van der Waals surface area contributed by atoms with Crippen molar-refractivity contribution in [2.75, 3.05) is 18.0 Å². The van der Waals surface area contributed by atoms with E-state index in [9.17, 15) is 4.79 Å². The number of aryl methyl sites for hydroxylation is 1. The van der Waals surface area contributed by atoms with Gasteiger partial charge in [0.15, 0.2) is 0 Å². The Morgan fingerprint density at radius 3 is 2.88 bits per heavy atom. The van der Waals surface area contributed by atoms with Crippen LogP contribution >= 0.6 is 0 Å². The Bertz CT molecular complexity index is 428. The number of hydrogen-bond acceptors (Lipinski definition) is 2. The Morgan fingerprint density at radius 1 is 1.41 bits per heavy atom. The SMILES string of the molecule is CCNC1CCN(c2cccc(C)c2C)C1=O. The van der Waals surface area contributed by atoms with Crippen molar-refractivity contribution < 1.29 is 4.79 Å². The molecular formula is C14H20N2O. The van der Waals surface area contributed by atoms with Gasteiger partial charge in [-0.25, -0.2) is 0 Å². The summed E-state index contributed by atoms with van der Waals surface area (Å²) in [5.41, 5.74) is 3.51. The minimum Gasteiger partial charge on any atom is -0.311 e. The summed E-state index contributed by atoms with van der Waals surface area (Å²) >= 11 is 0. The second-order valence-electron chi connectivity index (χ2n) is 4.61. The molecule has 0 saturated carbocycles. The van der Waals surface area contributed by atoms with Crippen LogP contribution in [0.15, 0.2) is 18.2 Å². The molecular weight excluding hydrogens is 212 g/mol. The standard InChI is InChI=1S/C14H20N2O/c1-4-15-12-8-9-16(14(12)17)13-7-5-6-10(2)11(13)3/h5-7,12,15H,4,8-9H2,1-3H3. The maximum Gasteiger partial charge on any atom is 0.244 e. The molecule has 3 heteroatoms. The first kappa shape index (κ1) is 12.1. The van der Waals surface area contributed by atoms with Gasteiger partial charge in [-0.1, -0.05) is 19.1 Å². The number of nitrogens with zero attached hydrogens (tertiary/aromatic N) is 1. The maximum absolute atomic E-state index is 12.2. The molecule has 2 rings (SSSR count). The van der Waals surface area contributed by atoms with Crippen LogP contribution in [0.2, 0.25) is 0 Å². The molecule has 0 spiro atoms. The molecule has 1 aliphatic heterocycles. The lowest BCUT2D eigenvalue weighted by molar-refractivity contribution is -0.118. The van der Waals surface area contributed by atoms with Crippen LogP contribution in [0.25, 0.3) is 0 Å². The highest BCUT2D eigenvalue weighted by molar-refractivity contribution is 6.00. The first-order valence-electron chi connectivity index (χ1n) is 6.26. The van der Waals surface area contributed by atoms with E-state index in [-0.39, 0.29) is 11.9 Å². The summed E-state index contributed by atoms with van der Waals surface area (Å²) in [6, 6.07) is 6.14. The number of amides is 1. The molecule has 0 aromatic heterocycles. The lowest BCUT2D eigenvalue weighted by Crippen LogP contribution is -2.38. The molecule has 17 heavy (non-hydrogen) atoms. The Hall–Kier alpha value is -1.35. The third-order valence-electron chi connectivity index (χ3n) is 3.52. The highest BCUT2D eigenvalue weighted by Gasteiger charge is 2.32. The van der Waals surface area contributed by atoms with Crippen LogP contribution in [0.5, 0.6) is 0 Å². The number of rotatable bonds is 3. The van der Waals surface area contributed by atoms with E-state index in [1.54, 1.807) is 0 Å². The van der Waals surface area contributed by atoms with Crippen molar-refractivity contribution in [3.05, 3.63) is 29.3 Å². The lowest BCUT2D eigenvalue weighted by Gasteiger charge is -2.20. The van der Waals surface area contributed by atoms with Gasteiger partial charge in [0.2, 0.25) is 5.91 Å². The number of carbonyl (C=O) groups is 1. The lowest BCUT2D eigenvalue weighted by atomic mass is 10.1. The fraction of sp³-hybridized carbons (Fsp3) is 0.500. The third kappa shape index (κ3) is 2.20. The van der Waals surface area contributed by atoms with E-state index in [1.807, 2.05) is 24.0 Å². The van der Waals surface area contributed by atoms with Crippen molar-refractivity contribution in [3.63, 3.8) is 0 Å². The molecule has 0 bridgehead atoms. The van der Waals surface area contributed by atoms with Gasteiger partial charge in [-0.3, -0.25) is 4.79 Å². The first-order valence-corrected chi connectivity index (χ1v) is 6.26. The summed E-state index contributed by atoms with van der Waals surface area (Å²) < 4.78 is 0. The largest absolute Gasteiger partial charge is 0.311 e. The second-order valence-corrected chi connectivity index (χ2v) is 4.61. The minimum absolute atomic E-state index is 0.0000813. The number of carbonyl (C=O) groups excluding carboxylic acids is 1. The van der Waals surface area contributed by atoms with Gasteiger partial charge < -0.3 is 10.2 Å². The minimum atomic E-state index is -0.0000813. The first-order chi connectivity index (χ1) is 8.15. The number of likely N-dealkylation sites (N-methyl/N-ethyl adjacent to an activating group) is 1. The van der Waals surface area contributed by atoms with Crippen molar-refractivity contribution in [2.45, 2.75) is 33.2 Å². The molecule has 3 nitrogen and oxygen atoms in total. The summed E-state index contributed by atoms with van der Waals surface area (Å²) in [4.78, 5) is 14.1. The predicted octanol–water partition coefficient (Wildman–Crippen LogP) is 2.02. The highest BCUT2D eigenvalue weighted by atomic mass is 16.2. The monoisotopic (exact) mass is 232 g/mol. The number of anilines is 1. The quantitative estimate of drug-likeness (QED) is 0.864. The number of benzene rings is 1. The number of hydrogen-bond donors (Lipinski definition) is 1. The highest BCUT2D eigenvalue weighted by Crippen LogP contribution is 2.26. The molecule has 1 aliphatic rings. The van der Waals surface area contributed by atoms with E-state index in [1.165, 1.54) is 11.1 Å². The average molecular weight is 232 g/mol. The van der Waals surface area contributed by atoms with Crippen LogP contribution in [0, 0.1) is 13.8 Å². The van der Waals surface area contributed by atoms with E-state index in [2.05, 4.69) is 25.2 Å². The summed E-state index contributed by atoms with van der Waals surface area (Å²) in [6.07, 6.45) is 0.903. The van der Waals surface area contributed by atoms with Crippen molar-refractivity contribution in [1.82, 2.24) is 5.32 Å². The van der Waals surface area contributed by atoms with Gasteiger partial charge in [-0.2, -0.15) is 0 Å². The molecule has 0 aliphatic carbocycles. The van der Waals surface area contributed by atoms with Crippen LogP contribution in [-0.4, -0.2) is 25.0 Å². The Balaban J connectivity index is 2.24. The average Bonchev–Trinajstić information content (AvgIpc) is 2.66. The molecule has 1 heterocycles. The van der Waals surface area contributed by atoms with E-state index in [0.29, 0.717) is 0 Å². The zero-order chi connectivity index (χ0) is 12.4. The Morgan fingerprint density at radius 2 is 2.18 bits per heavy atom. The normalized spacial score (nSPS) is 20.1. The Labute approximate surface area is 103 Å². The molecule has 1 atom stereocenters. The molecule has 1 aromatic rings. The van der Waals surface area contributed by atoms with Crippen LogP contribution in [0.1, 0.15) is 24.5 Å². The van der Waals surface area contributed by atoms with Crippen LogP contribution in [-0.2, 0) is 4.79 Å². The molecule has 92 valence electrons. The smallest absolute Gasteiger partial charge is 0.244 e. The second kappa shape index (κ2) is 4.88. The third-order valence-corrected chi connectivity index (χ3v) is 3.52. The molecule has 1 unspecified atom stereocenters. The predicted molar refractivity (Wildman–Crippen MR) is 70.4 cm³/mol. The van der Waals surface area contributed by atoms with Gasteiger partial charge in [0, 0.05) is 12.2 Å². The summed E-state index contributed by atoms with van der Waals surface area (Å²) in [6.45, 7) is 7.87. The molecule has 1 N–H and O–H groups in total. The van der Waals surface area contributed by atoms with Gasteiger partial charge in [-0.15, -0.1) is 0 Å². The molecule has 1 fully saturated rings. The summed E-state index contributed by atoms with van der Waals surface area (Å²) in [5, 5.41) is 3.24. The molecule has 1 aromatic carbocycles. The topological polar surface area (TPSA) is 32.3 Å². The van der Waals surface area contributed by atoms with E-state index < -0.39 is 0 Å². The van der Waals surface area contributed by atoms with E-state index in [0.717, 1.165) is 25.2 Å². The fourth-order valence-corrected chi connectivity index (χ4v) is 2.38. The van der Waals surface area contributed by atoms with Gasteiger partial charge >= 0.3 is 0 Å². The van der Waals surface area contributed by atoms with Gasteiger partial charge in [-0.05, 0) is 44.0 Å². The van der Waals surface area contributed by atoms with E-state index >= 15 is 0 Å². The zero-order valence-electron chi connectivity index (χ0n) is 10.8. The molecule has 0 radical (unpaired) electrons. The van der Waals surface area contributed by atoms with Crippen LogP contribution < -0.4 is 10.2 Å². The summed E-state index contributed by atoms with van der Waals surface area (Å²) in [5.74, 6) is 0.209. The van der Waals surface area contributed by atoms with Gasteiger partial charge in [0.25, 0.3) is 0 Å². The maximum atomic E-state index is 12.2. The van der Waals surface area contributed by atoms with Crippen molar-refractivity contribution in [2.24, 2.45) is 0 Å². The van der Waals surface area contributed by atoms with Gasteiger partial charge in [0.1, 0.15) is 0 Å². The van der Waals surface area contributed by atoms with E-state index in [4.69, 9.17) is 0 Å². The molecule has 1 saturated heterocycles. The van der Waals surface area contributed by atoms with Crippen molar-refractivity contribution in [1.29, 1.82) is 0 Å². The van der Waals surface area contributed by atoms with Crippen molar-refractivity contribution in [3.8, 4) is 0 Å².